The Kier molecular flexibility index (Phi) is 64.2. The van der Waals surface area contributed by atoms with Gasteiger partial charge in [-0.05, 0) is 70.6 Å². The molecule has 0 spiro atoms. The number of ether oxygens (including phenoxy) is 2. The molecule has 1 saturated heterocycles. The summed E-state index contributed by atoms with van der Waals surface area (Å²) in [5.41, 5.74) is 0. The molecular weight excluding hydrogens is 1090 g/mol. The van der Waals surface area contributed by atoms with Crippen LogP contribution in [0.25, 0.3) is 0 Å². The van der Waals surface area contributed by atoms with Gasteiger partial charge in [0.15, 0.2) is 6.29 Å². The quantitative estimate of drug-likeness (QED) is 0.0261. The van der Waals surface area contributed by atoms with E-state index >= 15 is 0 Å². The maximum absolute atomic E-state index is 13.2. The Balaban J connectivity index is 2.07. The second-order valence-electron chi connectivity index (χ2n) is 26.4. The number of carbonyl (C=O) groups is 1. The van der Waals surface area contributed by atoms with Crippen molar-refractivity contribution >= 4 is 5.91 Å². The van der Waals surface area contributed by atoms with Gasteiger partial charge in [-0.15, -0.1) is 0 Å². The third kappa shape index (κ3) is 55.3. The van der Waals surface area contributed by atoms with Gasteiger partial charge in [0.1, 0.15) is 24.4 Å². The molecule has 1 fully saturated rings. The molecule has 1 heterocycles. The predicted molar refractivity (Wildman–Crippen MR) is 378 cm³/mol. The molecule has 0 aliphatic carbocycles. The van der Waals surface area contributed by atoms with Gasteiger partial charge in [0.2, 0.25) is 5.91 Å². The molecule has 1 rings (SSSR count). The van der Waals surface area contributed by atoms with E-state index in [1.165, 1.54) is 283 Å². The fourth-order valence-corrected chi connectivity index (χ4v) is 12.1. The number of amides is 1. The zero-order chi connectivity index (χ0) is 63.5. The summed E-state index contributed by atoms with van der Waals surface area (Å²) >= 11 is 0. The highest BCUT2D eigenvalue weighted by atomic mass is 16.7. The van der Waals surface area contributed by atoms with E-state index in [0.29, 0.717) is 6.42 Å². The summed E-state index contributed by atoms with van der Waals surface area (Å²) in [6.07, 6.45) is 89.0. The Labute approximate surface area is 544 Å². The van der Waals surface area contributed by atoms with Crippen LogP contribution in [0.2, 0.25) is 0 Å². The summed E-state index contributed by atoms with van der Waals surface area (Å²) in [6.45, 7) is 3.70. The molecule has 0 aromatic carbocycles. The fourth-order valence-electron chi connectivity index (χ4n) is 12.1. The minimum absolute atomic E-state index is 0.180. The highest BCUT2D eigenvalue weighted by molar-refractivity contribution is 5.76. The van der Waals surface area contributed by atoms with E-state index in [0.717, 1.165) is 64.2 Å². The second kappa shape index (κ2) is 67.5. The second-order valence-corrected chi connectivity index (χ2v) is 26.4. The maximum atomic E-state index is 13.2. The van der Waals surface area contributed by atoms with Crippen LogP contribution in [0.1, 0.15) is 367 Å². The largest absolute Gasteiger partial charge is 0.394 e. The van der Waals surface area contributed by atoms with Crippen LogP contribution in [0.4, 0.5) is 0 Å². The molecule has 1 amide bonds. The van der Waals surface area contributed by atoms with Crippen molar-refractivity contribution in [2.75, 3.05) is 13.2 Å². The molecule has 0 aromatic heterocycles. The number of unbranched alkanes of at least 4 members (excludes halogenated alkanes) is 47. The first-order valence-corrected chi connectivity index (χ1v) is 38.2. The minimum atomic E-state index is -1.57. The Morgan fingerprint density at radius 3 is 1.09 bits per heavy atom. The van der Waals surface area contributed by atoms with Crippen LogP contribution in [0.3, 0.4) is 0 Å². The molecule has 88 heavy (non-hydrogen) atoms. The van der Waals surface area contributed by atoms with Gasteiger partial charge in [-0.2, -0.15) is 0 Å². The summed E-state index contributed by atoms with van der Waals surface area (Å²) in [7, 11) is 0. The van der Waals surface area contributed by atoms with Crippen molar-refractivity contribution in [1.82, 2.24) is 5.32 Å². The number of aliphatic hydroxyl groups is 5. The van der Waals surface area contributed by atoms with Crippen molar-refractivity contribution in [3.63, 3.8) is 0 Å². The summed E-state index contributed by atoms with van der Waals surface area (Å²) in [5.74, 6) is -0.180. The molecule has 0 bridgehead atoms. The third-order valence-corrected chi connectivity index (χ3v) is 18.0. The fraction of sp³-hybridized carbons (Fsp3) is 0.835. The molecule has 9 nitrogen and oxygen atoms in total. The van der Waals surface area contributed by atoms with Crippen LogP contribution in [0.15, 0.2) is 72.9 Å². The van der Waals surface area contributed by atoms with E-state index < -0.39 is 49.5 Å². The molecule has 1 aliphatic rings. The van der Waals surface area contributed by atoms with Gasteiger partial charge in [0.25, 0.3) is 0 Å². The Morgan fingerprint density at radius 2 is 0.716 bits per heavy atom. The molecule has 514 valence electrons. The molecule has 9 heteroatoms. The zero-order valence-corrected chi connectivity index (χ0v) is 57.7. The number of carbonyl (C=O) groups excluding carboxylic acids is 1. The average molecular weight is 1240 g/mol. The first-order valence-electron chi connectivity index (χ1n) is 38.2. The highest BCUT2D eigenvalue weighted by Gasteiger charge is 2.44. The van der Waals surface area contributed by atoms with Crippen LogP contribution < -0.4 is 5.32 Å². The standard InChI is InChI=1S/C79H145NO8/c1-3-5-7-9-11-13-15-17-19-21-23-25-27-29-31-32-33-34-35-36-37-38-39-40-41-42-43-45-47-49-51-53-55-57-59-61-63-65-67-69-75(83)80-72(71-87-79-78(86)77(85)76(84)74(70-81)88-79)73(82)68-66-64-62-60-58-56-54-52-50-48-46-44-30-28-26-24-22-20-18-16-14-12-10-8-6-4-2/h5,7,11,13,17,19,23,25,58,60,66,68,72-74,76-79,81-82,84-86H,3-4,6,8-10,12,14-16,18,20-22,24,26-57,59,61-65,67,69-71H2,1-2H3,(H,80,83)/b7-5-,13-11-,19-17-,25-23-,60-58+,68-66+. The van der Waals surface area contributed by atoms with Crippen molar-refractivity contribution < 1.29 is 39.8 Å². The molecule has 0 aromatic rings. The van der Waals surface area contributed by atoms with Gasteiger partial charge >= 0.3 is 0 Å². The van der Waals surface area contributed by atoms with Crippen LogP contribution in [0, 0.1) is 0 Å². The highest BCUT2D eigenvalue weighted by Crippen LogP contribution is 2.24. The topological polar surface area (TPSA) is 149 Å². The molecular formula is C79H145NO8. The van der Waals surface area contributed by atoms with Gasteiger partial charge in [0.05, 0.1) is 25.4 Å². The number of aliphatic hydroxyl groups excluding tert-OH is 5. The van der Waals surface area contributed by atoms with E-state index in [-0.39, 0.29) is 12.5 Å². The van der Waals surface area contributed by atoms with E-state index in [2.05, 4.69) is 79.9 Å². The SMILES string of the molecule is CC/C=C\C/C=C\C/C=C\C/C=C\CCCCCCCCCCCCCCCCCCCCCCCCCCCCC(=O)NC(COC1OC(CO)C(O)C(O)C1O)C(O)/C=C/CC/C=C/CCCCCCCCCCCCCCCCCCCCCC. The van der Waals surface area contributed by atoms with Crippen molar-refractivity contribution in [1.29, 1.82) is 0 Å². The normalized spacial score (nSPS) is 18.3. The zero-order valence-electron chi connectivity index (χ0n) is 57.7. The molecule has 7 atom stereocenters. The summed E-state index contributed by atoms with van der Waals surface area (Å²) in [6, 6.07) is -0.824. The first kappa shape index (κ1) is 83.6. The van der Waals surface area contributed by atoms with Crippen LogP contribution >= 0.6 is 0 Å². The average Bonchev–Trinajstić information content (AvgIpc) is 3.65. The minimum Gasteiger partial charge on any atom is -0.394 e. The lowest BCUT2D eigenvalue weighted by atomic mass is 9.99. The lowest BCUT2D eigenvalue weighted by Gasteiger charge is -2.40. The van der Waals surface area contributed by atoms with Crippen molar-refractivity contribution in [2.45, 2.75) is 410 Å². The predicted octanol–water partition coefficient (Wildman–Crippen LogP) is 21.5. The van der Waals surface area contributed by atoms with Gasteiger partial charge < -0.3 is 40.3 Å². The molecule has 1 aliphatic heterocycles. The Hall–Kier alpha value is -2.37. The monoisotopic (exact) mass is 1240 g/mol. The van der Waals surface area contributed by atoms with E-state index in [9.17, 15) is 30.3 Å². The van der Waals surface area contributed by atoms with Gasteiger partial charge in [-0.1, -0.05) is 363 Å². The summed E-state index contributed by atoms with van der Waals surface area (Å²) in [4.78, 5) is 13.2. The number of rotatable bonds is 67. The van der Waals surface area contributed by atoms with Gasteiger partial charge in [-0.25, -0.2) is 0 Å². The van der Waals surface area contributed by atoms with Crippen molar-refractivity contribution in [3.05, 3.63) is 72.9 Å². The van der Waals surface area contributed by atoms with Gasteiger partial charge in [0, 0.05) is 6.42 Å². The van der Waals surface area contributed by atoms with E-state index in [4.69, 9.17) is 9.47 Å². The molecule has 6 N–H and O–H groups in total. The van der Waals surface area contributed by atoms with Crippen LogP contribution in [-0.2, 0) is 14.3 Å². The number of hydrogen-bond acceptors (Lipinski definition) is 8. The number of nitrogens with one attached hydrogen (secondary N) is 1. The van der Waals surface area contributed by atoms with Crippen LogP contribution in [-0.4, -0.2) is 87.5 Å². The van der Waals surface area contributed by atoms with Crippen molar-refractivity contribution in [3.8, 4) is 0 Å². The summed E-state index contributed by atoms with van der Waals surface area (Å²) < 4.78 is 11.3. The maximum Gasteiger partial charge on any atom is 0.220 e. The Morgan fingerprint density at radius 1 is 0.398 bits per heavy atom. The van der Waals surface area contributed by atoms with E-state index in [1.54, 1.807) is 6.08 Å². The Bertz CT molecular complexity index is 1620. The number of hydrogen-bond donors (Lipinski definition) is 6. The lowest BCUT2D eigenvalue weighted by molar-refractivity contribution is -0.302. The smallest absolute Gasteiger partial charge is 0.220 e. The van der Waals surface area contributed by atoms with Crippen molar-refractivity contribution in [2.24, 2.45) is 0 Å². The van der Waals surface area contributed by atoms with Gasteiger partial charge in [-0.3, -0.25) is 4.79 Å². The van der Waals surface area contributed by atoms with E-state index in [1.807, 2.05) is 6.08 Å². The third-order valence-electron chi connectivity index (χ3n) is 18.0. The molecule has 0 saturated carbocycles. The molecule has 7 unspecified atom stereocenters. The first-order chi connectivity index (χ1) is 43.3. The lowest BCUT2D eigenvalue weighted by Crippen LogP contribution is -2.60. The van der Waals surface area contributed by atoms with Crippen LogP contribution in [0.5, 0.6) is 0 Å². The number of allylic oxidation sites excluding steroid dienone is 11. The molecule has 0 radical (unpaired) electrons. The summed E-state index contributed by atoms with van der Waals surface area (Å²) in [5, 5.41) is 54.8.